The molecule has 0 radical (unpaired) electrons. The quantitative estimate of drug-likeness (QED) is 0.377. The van der Waals surface area contributed by atoms with Crippen LogP contribution in [0.2, 0.25) is 0 Å². The Bertz CT molecular complexity index is 1170. The molecule has 0 bridgehead atoms. The maximum absolute atomic E-state index is 13.9. The Labute approximate surface area is 192 Å². The van der Waals surface area contributed by atoms with Crippen LogP contribution in [0, 0.1) is 32.4 Å². The number of pyridine rings is 1. The zero-order valence-corrected chi connectivity index (χ0v) is 19.1. The molecule has 0 atom stereocenters. The molecule has 172 valence electrons. The van der Waals surface area contributed by atoms with E-state index in [9.17, 15) is 8.78 Å². The molecule has 0 N–H and O–H groups in total. The average Bonchev–Trinajstić information content (AvgIpc) is 2.82. The van der Waals surface area contributed by atoms with Gasteiger partial charge in [0.2, 0.25) is 0 Å². The first-order chi connectivity index (χ1) is 16.0. The molecule has 33 heavy (non-hydrogen) atoms. The van der Waals surface area contributed by atoms with Gasteiger partial charge in [0.15, 0.2) is 5.65 Å². The van der Waals surface area contributed by atoms with E-state index < -0.39 is 11.6 Å². The highest BCUT2D eigenvalue weighted by atomic mass is 19.1. The summed E-state index contributed by atoms with van der Waals surface area (Å²) in [5.74, 6) is -1.33. The maximum Gasteiger partial charge on any atom is 0.182 e. The lowest BCUT2D eigenvalue weighted by atomic mass is 10.1. The molecular formula is C25H27F2N5O. The second kappa shape index (κ2) is 12.0. The normalized spacial score (nSPS) is 12.9. The first-order valence-corrected chi connectivity index (χ1v) is 10.8. The van der Waals surface area contributed by atoms with Crippen molar-refractivity contribution in [1.82, 2.24) is 24.9 Å². The smallest absolute Gasteiger partial charge is 0.182 e. The van der Waals surface area contributed by atoms with Crippen molar-refractivity contribution in [2.24, 2.45) is 0 Å². The van der Waals surface area contributed by atoms with Gasteiger partial charge >= 0.3 is 0 Å². The van der Waals surface area contributed by atoms with Gasteiger partial charge in [-0.25, -0.2) is 28.7 Å². The van der Waals surface area contributed by atoms with E-state index >= 15 is 0 Å². The van der Waals surface area contributed by atoms with Gasteiger partial charge in [0.05, 0.1) is 11.4 Å². The van der Waals surface area contributed by atoms with Gasteiger partial charge in [-0.15, -0.1) is 0 Å². The molecule has 3 aromatic heterocycles. The number of aromatic nitrogens is 5. The number of ether oxygens (including phenoxy) is 1. The van der Waals surface area contributed by atoms with Crippen LogP contribution in [-0.4, -0.2) is 38.1 Å². The highest BCUT2D eigenvalue weighted by molar-refractivity contribution is 5.86. The molecule has 4 aromatic rings. The fourth-order valence-corrected chi connectivity index (χ4v) is 3.06. The monoisotopic (exact) mass is 451 g/mol. The van der Waals surface area contributed by atoms with E-state index in [-0.39, 0.29) is 5.56 Å². The van der Waals surface area contributed by atoms with E-state index in [2.05, 4.69) is 24.9 Å². The van der Waals surface area contributed by atoms with Gasteiger partial charge in [-0.2, -0.15) is 0 Å². The minimum atomic E-state index is -0.690. The van der Waals surface area contributed by atoms with Crippen LogP contribution in [0.15, 0.2) is 48.9 Å². The van der Waals surface area contributed by atoms with E-state index in [0.717, 1.165) is 36.4 Å². The van der Waals surface area contributed by atoms with Crippen molar-refractivity contribution in [2.75, 3.05) is 13.2 Å². The number of benzene rings is 1. The molecule has 1 aliphatic heterocycles. The Morgan fingerprint density at radius 2 is 1.58 bits per heavy atom. The summed E-state index contributed by atoms with van der Waals surface area (Å²) in [6, 6.07) is 9.19. The summed E-state index contributed by atoms with van der Waals surface area (Å²) in [4.78, 5) is 20.7. The minimum absolute atomic E-state index is 0.177. The second-order valence-electron chi connectivity index (χ2n) is 7.56. The van der Waals surface area contributed by atoms with Crippen molar-refractivity contribution in [2.45, 2.75) is 40.0 Å². The van der Waals surface area contributed by atoms with Crippen LogP contribution >= 0.6 is 0 Å². The lowest BCUT2D eigenvalue weighted by molar-refractivity contribution is 0.0968. The second-order valence-corrected chi connectivity index (χ2v) is 7.56. The first kappa shape index (κ1) is 24.3. The number of halogens is 2. The molecule has 0 unspecified atom stereocenters. The van der Waals surface area contributed by atoms with E-state index in [0.29, 0.717) is 16.9 Å². The number of hydrogen-bond acceptors (Lipinski definition) is 6. The van der Waals surface area contributed by atoms with Gasteiger partial charge in [-0.05, 0) is 64.3 Å². The molecule has 5 rings (SSSR count). The molecule has 0 amide bonds. The molecular weight excluding hydrogens is 424 g/mol. The Hall–Kier alpha value is -3.39. The van der Waals surface area contributed by atoms with Crippen LogP contribution in [0.3, 0.4) is 0 Å². The maximum atomic E-state index is 13.9. The van der Waals surface area contributed by atoms with Gasteiger partial charge in [0.25, 0.3) is 0 Å². The number of hydrogen-bond donors (Lipinski definition) is 0. The Morgan fingerprint density at radius 3 is 2.12 bits per heavy atom. The van der Waals surface area contributed by atoms with Crippen molar-refractivity contribution in [3.63, 3.8) is 0 Å². The van der Waals surface area contributed by atoms with Gasteiger partial charge in [-0.3, -0.25) is 4.98 Å². The van der Waals surface area contributed by atoms with Crippen molar-refractivity contribution in [1.29, 1.82) is 0 Å². The summed E-state index contributed by atoms with van der Waals surface area (Å²) in [6.45, 7) is 7.60. The molecule has 0 spiro atoms. The molecule has 1 aromatic carbocycles. The highest BCUT2D eigenvalue weighted by Crippen LogP contribution is 2.26. The summed E-state index contributed by atoms with van der Waals surface area (Å²) in [5.41, 5.74) is 3.82. The van der Waals surface area contributed by atoms with Crippen molar-refractivity contribution >= 4 is 11.2 Å². The lowest BCUT2D eigenvalue weighted by Gasteiger charge is -2.08. The largest absolute Gasteiger partial charge is 0.381 e. The molecule has 1 fully saturated rings. The van der Waals surface area contributed by atoms with Crippen LogP contribution in [0.4, 0.5) is 8.78 Å². The highest BCUT2D eigenvalue weighted by Gasteiger charge is 2.14. The van der Waals surface area contributed by atoms with Gasteiger partial charge in [-0.1, -0.05) is 6.07 Å². The van der Waals surface area contributed by atoms with Crippen LogP contribution in [0.5, 0.6) is 0 Å². The number of nitrogens with zero attached hydrogens (tertiary/aromatic N) is 5. The summed E-state index contributed by atoms with van der Waals surface area (Å²) in [5, 5.41) is 0. The number of rotatable bonds is 1. The lowest BCUT2D eigenvalue weighted by Crippen LogP contribution is -2.03. The summed E-state index contributed by atoms with van der Waals surface area (Å²) in [7, 11) is 0. The Morgan fingerprint density at radius 1 is 0.818 bits per heavy atom. The van der Waals surface area contributed by atoms with Gasteiger partial charge in [0.1, 0.15) is 29.2 Å². The van der Waals surface area contributed by atoms with Crippen molar-refractivity contribution < 1.29 is 13.5 Å². The third-order valence-corrected chi connectivity index (χ3v) is 4.96. The van der Waals surface area contributed by atoms with Gasteiger partial charge < -0.3 is 4.74 Å². The number of aryl methyl sites for hydroxylation is 3. The van der Waals surface area contributed by atoms with Crippen LogP contribution in [0.25, 0.3) is 22.4 Å². The molecule has 1 saturated heterocycles. The SMILES string of the molecule is C1CCOCC1.Cc1ccccn1.Cc1nc2ncnc(-c3ccc(F)cc3F)c2nc1C. The van der Waals surface area contributed by atoms with E-state index in [1.165, 1.54) is 37.7 Å². The van der Waals surface area contributed by atoms with Crippen LogP contribution in [-0.2, 0) is 4.74 Å². The molecule has 0 aliphatic carbocycles. The molecule has 0 saturated carbocycles. The van der Waals surface area contributed by atoms with Crippen molar-refractivity contribution in [3.05, 3.63) is 77.6 Å². The van der Waals surface area contributed by atoms with Crippen LogP contribution < -0.4 is 0 Å². The summed E-state index contributed by atoms with van der Waals surface area (Å²) in [6.07, 6.45) is 7.01. The van der Waals surface area contributed by atoms with Crippen molar-refractivity contribution in [3.8, 4) is 11.3 Å². The minimum Gasteiger partial charge on any atom is -0.381 e. The summed E-state index contributed by atoms with van der Waals surface area (Å²) < 4.78 is 32.0. The third-order valence-electron chi connectivity index (χ3n) is 4.96. The standard InChI is InChI=1S/C14H10F2N4.C6H7N.C5H10O/c1-7-8(2)20-14-13(19-7)12(17-6-18-14)10-4-3-9(15)5-11(10)16;1-6-4-2-3-5-7-6;1-2-4-6-5-3-1/h3-6H,1-2H3;2-5H,1H3;1-5H2. The van der Waals surface area contributed by atoms with E-state index in [1.54, 1.807) is 13.1 Å². The third kappa shape index (κ3) is 7.05. The molecule has 1 aliphatic rings. The molecule has 4 heterocycles. The fourth-order valence-electron chi connectivity index (χ4n) is 3.06. The fraction of sp³-hybridized carbons (Fsp3) is 0.320. The Kier molecular flexibility index (Phi) is 8.83. The molecule has 8 heteroatoms. The first-order valence-electron chi connectivity index (χ1n) is 10.8. The summed E-state index contributed by atoms with van der Waals surface area (Å²) >= 11 is 0. The number of fused-ring (bicyclic) bond motifs is 1. The van der Waals surface area contributed by atoms with Gasteiger partial charge in [0, 0.05) is 36.7 Å². The predicted octanol–water partition coefficient (Wildman–Crippen LogP) is 5.56. The Balaban J connectivity index is 0.000000191. The zero-order valence-electron chi connectivity index (χ0n) is 19.1. The topological polar surface area (TPSA) is 73.7 Å². The zero-order chi connectivity index (χ0) is 23.6. The predicted molar refractivity (Wildman–Crippen MR) is 124 cm³/mol. The van der Waals surface area contributed by atoms with E-state index in [1.807, 2.05) is 32.0 Å². The molecule has 6 nitrogen and oxygen atoms in total. The van der Waals surface area contributed by atoms with Crippen LogP contribution in [0.1, 0.15) is 36.3 Å². The van der Waals surface area contributed by atoms with E-state index in [4.69, 9.17) is 4.74 Å². The average molecular weight is 452 g/mol.